The highest BCUT2D eigenvalue weighted by Crippen LogP contribution is 2.20. The van der Waals surface area contributed by atoms with Crippen molar-refractivity contribution in [3.05, 3.63) is 90.0 Å². The molecule has 25 heavy (non-hydrogen) atoms. The van der Waals surface area contributed by atoms with Crippen LogP contribution >= 0.6 is 0 Å². The van der Waals surface area contributed by atoms with E-state index in [-0.39, 0.29) is 5.91 Å². The summed E-state index contributed by atoms with van der Waals surface area (Å²) in [6.45, 7) is 0.480. The van der Waals surface area contributed by atoms with Gasteiger partial charge in [0.05, 0.1) is 7.11 Å². The Hall–Kier alpha value is -3.27. The molecule has 0 saturated heterocycles. The first-order valence-electron chi connectivity index (χ1n) is 7.97. The van der Waals surface area contributed by atoms with Crippen LogP contribution in [0.1, 0.15) is 15.9 Å². The van der Waals surface area contributed by atoms with Gasteiger partial charge >= 0.3 is 0 Å². The first kappa shape index (κ1) is 16.6. The van der Waals surface area contributed by atoms with Crippen molar-refractivity contribution < 1.29 is 14.3 Å². The van der Waals surface area contributed by atoms with E-state index in [1.807, 2.05) is 48.5 Å². The van der Waals surface area contributed by atoms with Crippen LogP contribution in [0.4, 0.5) is 5.69 Å². The molecule has 0 aromatic heterocycles. The molecule has 1 amide bonds. The fourth-order valence-electron chi connectivity index (χ4n) is 2.37. The van der Waals surface area contributed by atoms with Crippen molar-refractivity contribution in [1.29, 1.82) is 0 Å². The van der Waals surface area contributed by atoms with Crippen molar-refractivity contribution in [2.24, 2.45) is 0 Å². The maximum absolute atomic E-state index is 12.4. The lowest BCUT2D eigenvalue weighted by Gasteiger charge is -2.10. The Labute approximate surface area is 147 Å². The Morgan fingerprint density at radius 3 is 2.44 bits per heavy atom. The highest BCUT2D eigenvalue weighted by Gasteiger charge is 2.08. The number of hydrogen-bond acceptors (Lipinski definition) is 3. The third-order valence-corrected chi connectivity index (χ3v) is 3.67. The molecule has 0 bridgehead atoms. The third kappa shape index (κ3) is 4.61. The van der Waals surface area contributed by atoms with Crippen molar-refractivity contribution >= 4 is 11.6 Å². The largest absolute Gasteiger partial charge is 0.497 e. The number of carbonyl (C=O) groups is 1. The quantitative estimate of drug-likeness (QED) is 0.721. The van der Waals surface area contributed by atoms with Gasteiger partial charge in [-0.2, -0.15) is 0 Å². The molecule has 3 aromatic rings. The van der Waals surface area contributed by atoms with Gasteiger partial charge in [-0.25, -0.2) is 0 Å². The third-order valence-electron chi connectivity index (χ3n) is 3.67. The van der Waals surface area contributed by atoms with E-state index in [0.717, 1.165) is 5.56 Å². The van der Waals surface area contributed by atoms with E-state index >= 15 is 0 Å². The molecule has 4 nitrogen and oxygen atoms in total. The van der Waals surface area contributed by atoms with Crippen molar-refractivity contribution in [2.45, 2.75) is 6.61 Å². The molecule has 0 unspecified atom stereocenters. The average Bonchev–Trinajstić information content (AvgIpc) is 2.67. The lowest BCUT2D eigenvalue weighted by Crippen LogP contribution is -2.12. The molecule has 0 spiro atoms. The molecule has 3 rings (SSSR count). The second-order valence-electron chi connectivity index (χ2n) is 5.49. The normalized spacial score (nSPS) is 10.1. The number of hydrogen-bond donors (Lipinski definition) is 1. The first-order valence-corrected chi connectivity index (χ1v) is 7.97. The maximum Gasteiger partial charge on any atom is 0.255 e. The molecule has 0 atom stereocenters. The number of carbonyl (C=O) groups excluding carboxylic acids is 1. The van der Waals surface area contributed by atoms with Gasteiger partial charge in [0.1, 0.15) is 18.1 Å². The number of nitrogens with one attached hydrogen (secondary N) is 1. The van der Waals surface area contributed by atoms with Crippen molar-refractivity contribution in [1.82, 2.24) is 0 Å². The number of benzene rings is 3. The first-order chi connectivity index (χ1) is 12.2. The van der Waals surface area contributed by atoms with Crippen LogP contribution in [0.15, 0.2) is 78.9 Å². The zero-order valence-corrected chi connectivity index (χ0v) is 13.9. The second-order valence-corrected chi connectivity index (χ2v) is 5.49. The van der Waals surface area contributed by atoms with E-state index in [1.165, 1.54) is 0 Å². The molecule has 0 fully saturated rings. The van der Waals surface area contributed by atoms with Gasteiger partial charge in [-0.1, -0.05) is 42.5 Å². The highest BCUT2D eigenvalue weighted by atomic mass is 16.5. The zero-order valence-electron chi connectivity index (χ0n) is 13.9. The minimum atomic E-state index is -0.195. The standard InChI is InChI=1S/C21H19NO3/c1-24-19-11-5-9-17(13-19)21(23)22-18-10-6-12-20(14-18)25-15-16-7-3-2-4-8-16/h2-14H,15H2,1H3,(H,22,23). The van der Waals surface area contributed by atoms with Crippen LogP contribution in [-0.4, -0.2) is 13.0 Å². The van der Waals surface area contributed by atoms with E-state index in [4.69, 9.17) is 9.47 Å². The summed E-state index contributed by atoms with van der Waals surface area (Å²) in [5, 5.41) is 2.87. The summed E-state index contributed by atoms with van der Waals surface area (Å²) < 4.78 is 10.9. The van der Waals surface area contributed by atoms with E-state index < -0.39 is 0 Å². The Kier molecular flexibility index (Phi) is 5.32. The molecule has 0 aliphatic heterocycles. The van der Waals surface area contributed by atoms with Gasteiger partial charge in [-0.15, -0.1) is 0 Å². The monoisotopic (exact) mass is 333 g/mol. The molecule has 3 aromatic carbocycles. The molecule has 0 aliphatic carbocycles. The average molecular weight is 333 g/mol. The predicted octanol–water partition coefficient (Wildman–Crippen LogP) is 4.53. The lowest BCUT2D eigenvalue weighted by molar-refractivity contribution is 0.102. The van der Waals surface area contributed by atoms with Gasteiger partial charge in [0.15, 0.2) is 0 Å². The van der Waals surface area contributed by atoms with Crippen molar-refractivity contribution in [3.63, 3.8) is 0 Å². The van der Waals surface area contributed by atoms with E-state index in [2.05, 4.69) is 5.32 Å². The molecule has 126 valence electrons. The van der Waals surface area contributed by atoms with Gasteiger partial charge < -0.3 is 14.8 Å². The summed E-state index contributed by atoms with van der Waals surface area (Å²) in [5.41, 5.74) is 2.31. The minimum Gasteiger partial charge on any atom is -0.497 e. The van der Waals surface area contributed by atoms with Crippen LogP contribution in [0.2, 0.25) is 0 Å². The van der Waals surface area contributed by atoms with Crippen LogP contribution in [-0.2, 0) is 6.61 Å². The van der Waals surface area contributed by atoms with Crippen LogP contribution in [0, 0.1) is 0 Å². The SMILES string of the molecule is COc1cccc(C(=O)Nc2cccc(OCc3ccccc3)c2)c1. The maximum atomic E-state index is 12.4. The minimum absolute atomic E-state index is 0.195. The van der Waals surface area contributed by atoms with E-state index in [0.29, 0.717) is 29.4 Å². The van der Waals surface area contributed by atoms with Crippen LogP contribution in [0.5, 0.6) is 11.5 Å². The number of methoxy groups -OCH3 is 1. The number of ether oxygens (including phenoxy) is 2. The topological polar surface area (TPSA) is 47.6 Å². The zero-order chi connectivity index (χ0) is 17.5. The molecule has 0 aliphatic rings. The number of anilines is 1. The molecular formula is C21H19NO3. The summed E-state index contributed by atoms with van der Waals surface area (Å²) in [5.74, 6) is 1.15. The fourth-order valence-corrected chi connectivity index (χ4v) is 2.37. The lowest BCUT2D eigenvalue weighted by atomic mass is 10.2. The van der Waals surface area contributed by atoms with Gasteiger partial charge in [0, 0.05) is 17.3 Å². The fraction of sp³-hybridized carbons (Fsp3) is 0.0952. The summed E-state index contributed by atoms with van der Waals surface area (Å²) in [4.78, 5) is 12.4. The predicted molar refractivity (Wildman–Crippen MR) is 98.2 cm³/mol. The molecule has 0 radical (unpaired) electrons. The Balaban J connectivity index is 1.65. The number of rotatable bonds is 6. The van der Waals surface area contributed by atoms with Gasteiger partial charge in [-0.3, -0.25) is 4.79 Å². The van der Waals surface area contributed by atoms with Crippen molar-refractivity contribution in [3.8, 4) is 11.5 Å². The van der Waals surface area contributed by atoms with Crippen LogP contribution < -0.4 is 14.8 Å². The molecule has 4 heteroatoms. The Morgan fingerprint density at radius 2 is 1.64 bits per heavy atom. The molecule has 0 heterocycles. The summed E-state index contributed by atoms with van der Waals surface area (Å²) >= 11 is 0. The molecular weight excluding hydrogens is 314 g/mol. The number of amides is 1. The summed E-state index contributed by atoms with van der Waals surface area (Å²) in [6, 6.07) is 24.3. The summed E-state index contributed by atoms with van der Waals surface area (Å²) in [7, 11) is 1.57. The van der Waals surface area contributed by atoms with Gasteiger partial charge in [-0.05, 0) is 35.9 Å². The van der Waals surface area contributed by atoms with Crippen LogP contribution in [0.25, 0.3) is 0 Å². The highest BCUT2D eigenvalue weighted by molar-refractivity contribution is 6.04. The van der Waals surface area contributed by atoms with Crippen LogP contribution in [0.3, 0.4) is 0 Å². The molecule has 0 saturated carbocycles. The second kappa shape index (κ2) is 8.02. The Morgan fingerprint density at radius 1 is 0.880 bits per heavy atom. The summed E-state index contributed by atoms with van der Waals surface area (Å²) in [6.07, 6.45) is 0. The Bertz CT molecular complexity index is 847. The van der Waals surface area contributed by atoms with Crippen molar-refractivity contribution in [2.75, 3.05) is 12.4 Å². The van der Waals surface area contributed by atoms with Gasteiger partial charge in [0.25, 0.3) is 5.91 Å². The molecule has 1 N–H and O–H groups in total. The van der Waals surface area contributed by atoms with Gasteiger partial charge in [0.2, 0.25) is 0 Å². The van der Waals surface area contributed by atoms with E-state index in [1.54, 1.807) is 37.4 Å². The van der Waals surface area contributed by atoms with E-state index in [9.17, 15) is 4.79 Å². The smallest absolute Gasteiger partial charge is 0.255 e.